The maximum atomic E-state index is 11.9. The molecule has 20 heavy (non-hydrogen) atoms. The minimum atomic E-state index is -0.0322. The highest BCUT2D eigenvalue weighted by atomic mass is 16.1. The van der Waals surface area contributed by atoms with E-state index in [4.69, 9.17) is 0 Å². The average molecular weight is 272 g/mol. The predicted molar refractivity (Wildman–Crippen MR) is 78.3 cm³/mol. The number of carbonyl (C=O) groups is 1. The summed E-state index contributed by atoms with van der Waals surface area (Å²) in [5.74, 6) is 0.717. The maximum absolute atomic E-state index is 11.9. The highest BCUT2D eigenvalue weighted by Crippen LogP contribution is 2.08. The van der Waals surface area contributed by atoms with Crippen LogP contribution in [0.5, 0.6) is 0 Å². The Hall–Kier alpha value is -2.17. The van der Waals surface area contributed by atoms with Crippen LogP contribution < -0.4 is 5.32 Å². The molecule has 2 aromatic heterocycles. The number of amides is 1. The predicted octanol–water partition coefficient (Wildman–Crippen LogP) is 1.99. The number of allylic oxidation sites excluding steroid dienone is 1. The van der Waals surface area contributed by atoms with Gasteiger partial charge in [-0.2, -0.15) is 0 Å². The van der Waals surface area contributed by atoms with Gasteiger partial charge in [0.2, 0.25) is 11.7 Å². The van der Waals surface area contributed by atoms with E-state index in [1.165, 1.54) is 0 Å². The Morgan fingerprint density at radius 1 is 1.55 bits per heavy atom. The minimum absolute atomic E-state index is 0.0322. The second-order valence-electron chi connectivity index (χ2n) is 5.16. The van der Waals surface area contributed by atoms with E-state index < -0.39 is 0 Å². The molecule has 0 fully saturated rings. The lowest BCUT2D eigenvalue weighted by Crippen LogP contribution is -2.31. The quantitative estimate of drug-likeness (QED) is 0.818. The van der Waals surface area contributed by atoms with Gasteiger partial charge in [0.25, 0.3) is 0 Å². The summed E-state index contributed by atoms with van der Waals surface area (Å²) in [4.78, 5) is 20.4. The van der Waals surface area contributed by atoms with E-state index in [0.29, 0.717) is 18.7 Å². The normalized spacial score (nSPS) is 12.3. The van der Waals surface area contributed by atoms with Crippen molar-refractivity contribution >= 4 is 11.7 Å². The highest BCUT2D eigenvalue weighted by Gasteiger charge is 2.12. The summed E-state index contributed by atoms with van der Waals surface area (Å²) >= 11 is 0. The molecular weight excluding hydrogens is 252 g/mol. The van der Waals surface area contributed by atoms with E-state index in [2.05, 4.69) is 21.9 Å². The third-order valence-corrected chi connectivity index (χ3v) is 3.07. The topological polar surface area (TPSA) is 59.3 Å². The van der Waals surface area contributed by atoms with E-state index in [1.807, 2.05) is 36.7 Å². The third kappa shape index (κ3) is 3.66. The van der Waals surface area contributed by atoms with Crippen LogP contribution in [-0.2, 0) is 11.2 Å². The molecule has 0 saturated carbocycles. The van der Waals surface area contributed by atoms with E-state index in [0.717, 1.165) is 17.7 Å². The molecular formula is C15H20N4O. The van der Waals surface area contributed by atoms with Gasteiger partial charge in [0.1, 0.15) is 0 Å². The van der Waals surface area contributed by atoms with Gasteiger partial charge in [-0.1, -0.05) is 12.5 Å². The summed E-state index contributed by atoms with van der Waals surface area (Å²) in [6.07, 6.45) is 6.99. The van der Waals surface area contributed by atoms with Gasteiger partial charge in [0.15, 0.2) is 0 Å². The zero-order chi connectivity index (χ0) is 14.5. The number of hydrogen-bond acceptors (Lipinski definition) is 3. The van der Waals surface area contributed by atoms with Crippen LogP contribution in [0.2, 0.25) is 0 Å². The lowest BCUT2D eigenvalue weighted by molar-refractivity contribution is -0.124. The first-order valence-corrected chi connectivity index (χ1v) is 6.77. The Bertz CT molecular complexity index is 584. The van der Waals surface area contributed by atoms with Crippen LogP contribution in [0.25, 0.3) is 5.78 Å². The van der Waals surface area contributed by atoms with Crippen LogP contribution in [0, 0.1) is 5.92 Å². The number of aromatic nitrogens is 3. The zero-order valence-corrected chi connectivity index (χ0v) is 12.0. The van der Waals surface area contributed by atoms with Gasteiger partial charge in [-0.15, -0.1) is 6.58 Å². The van der Waals surface area contributed by atoms with Crippen LogP contribution in [0.1, 0.15) is 26.0 Å². The van der Waals surface area contributed by atoms with Crippen LogP contribution in [0.4, 0.5) is 0 Å². The van der Waals surface area contributed by atoms with E-state index in [-0.39, 0.29) is 11.8 Å². The monoisotopic (exact) mass is 272 g/mol. The van der Waals surface area contributed by atoms with Crippen molar-refractivity contribution < 1.29 is 4.79 Å². The molecule has 0 radical (unpaired) electrons. The van der Waals surface area contributed by atoms with Crippen LogP contribution in [-0.4, -0.2) is 26.8 Å². The number of carbonyl (C=O) groups excluding carboxylic acids is 1. The van der Waals surface area contributed by atoms with Crippen molar-refractivity contribution in [1.29, 1.82) is 0 Å². The van der Waals surface area contributed by atoms with Gasteiger partial charge < -0.3 is 5.32 Å². The Labute approximate surface area is 118 Å². The largest absolute Gasteiger partial charge is 0.355 e. The standard InChI is InChI=1S/C15H20N4O/c1-11(2)9-12(3)14(20)16-7-5-13-10-19-8-4-6-17-15(19)18-13/h4,6,8,10,12H,1,5,7,9H2,2-3H3,(H,16,20). The first kappa shape index (κ1) is 14.2. The molecule has 1 amide bonds. The molecule has 0 aliphatic carbocycles. The summed E-state index contributed by atoms with van der Waals surface area (Å²) in [6, 6.07) is 1.86. The molecule has 0 aliphatic heterocycles. The number of rotatable bonds is 6. The van der Waals surface area contributed by atoms with Crippen LogP contribution in [0.15, 0.2) is 36.8 Å². The van der Waals surface area contributed by atoms with Crippen molar-refractivity contribution in [1.82, 2.24) is 19.7 Å². The Balaban J connectivity index is 1.83. The lowest BCUT2D eigenvalue weighted by Gasteiger charge is -2.11. The highest BCUT2D eigenvalue weighted by molar-refractivity contribution is 5.78. The number of nitrogens with zero attached hydrogens (tertiary/aromatic N) is 3. The first-order chi connectivity index (χ1) is 9.56. The SMILES string of the molecule is C=C(C)CC(C)C(=O)NCCc1cn2cccnc2n1. The van der Waals surface area contributed by atoms with Crippen LogP contribution in [0.3, 0.4) is 0 Å². The van der Waals surface area contributed by atoms with Crippen molar-refractivity contribution in [2.75, 3.05) is 6.54 Å². The number of hydrogen-bond donors (Lipinski definition) is 1. The van der Waals surface area contributed by atoms with E-state index in [1.54, 1.807) is 6.20 Å². The summed E-state index contributed by atoms with van der Waals surface area (Å²) in [5, 5.41) is 2.93. The molecule has 0 aromatic carbocycles. The fourth-order valence-corrected chi connectivity index (χ4v) is 2.10. The second-order valence-corrected chi connectivity index (χ2v) is 5.16. The molecule has 1 atom stereocenters. The zero-order valence-electron chi connectivity index (χ0n) is 12.0. The molecule has 0 spiro atoms. The summed E-state index contributed by atoms with van der Waals surface area (Å²) < 4.78 is 1.88. The van der Waals surface area contributed by atoms with Crippen LogP contribution >= 0.6 is 0 Å². The Kier molecular flexibility index (Phi) is 4.50. The second kappa shape index (κ2) is 6.32. The summed E-state index contributed by atoms with van der Waals surface area (Å²) in [7, 11) is 0. The van der Waals surface area contributed by atoms with Gasteiger partial charge >= 0.3 is 0 Å². The average Bonchev–Trinajstić information content (AvgIpc) is 2.80. The summed E-state index contributed by atoms with van der Waals surface area (Å²) in [5.41, 5.74) is 1.95. The smallest absolute Gasteiger partial charge is 0.233 e. The molecule has 2 aromatic rings. The molecule has 1 N–H and O–H groups in total. The molecule has 1 unspecified atom stereocenters. The van der Waals surface area contributed by atoms with Gasteiger partial charge in [-0.3, -0.25) is 9.20 Å². The van der Waals surface area contributed by atoms with Gasteiger partial charge in [0, 0.05) is 37.5 Å². The lowest BCUT2D eigenvalue weighted by atomic mass is 10.0. The molecule has 0 aliphatic rings. The van der Waals surface area contributed by atoms with Crippen molar-refractivity contribution in [3.8, 4) is 0 Å². The third-order valence-electron chi connectivity index (χ3n) is 3.07. The number of imidazole rings is 1. The van der Waals surface area contributed by atoms with Gasteiger partial charge in [-0.25, -0.2) is 9.97 Å². The molecule has 2 rings (SSSR count). The maximum Gasteiger partial charge on any atom is 0.233 e. The van der Waals surface area contributed by atoms with Crippen molar-refractivity contribution in [3.05, 3.63) is 42.5 Å². The van der Waals surface area contributed by atoms with Crippen molar-refractivity contribution in [3.63, 3.8) is 0 Å². The Morgan fingerprint density at radius 2 is 2.35 bits per heavy atom. The molecule has 0 bridgehead atoms. The number of fused-ring (bicyclic) bond motifs is 1. The molecule has 106 valence electrons. The van der Waals surface area contributed by atoms with E-state index in [9.17, 15) is 4.79 Å². The fraction of sp³-hybridized carbons (Fsp3) is 0.400. The molecule has 5 heteroatoms. The number of nitrogens with one attached hydrogen (secondary N) is 1. The fourth-order valence-electron chi connectivity index (χ4n) is 2.10. The first-order valence-electron chi connectivity index (χ1n) is 6.77. The van der Waals surface area contributed by atoms with Crippen molar-refractivity contribution in [2.24, 2.45) is 5.92 Å². The van der Waals surface area contributed by atoms with Gasteiger partial charge in [-0.05, 0) is 19.4 Å². The van der Waals surface area contributed by atoms with Crippen molar-refractivity contribution in [2.45, 2.75) is 26.7 Å². The minimum Gasteiger partial charge on any atom is -0.355 e. The van der Waals surface area contributed by atoms with Gasteiger partial charge in [0.05, 0.1) is 5.69 Å². The Morgan fingerprint density at radius 3 is 3.05 bits per heavy atom. The molecule has 5 nitrogen and oxygen atoms in total. The van der Waals surface area contributed by atoms with E-state index >= 15 is 0 Å². The molecule has 2 heterocycles. The summed E-state index contributed by atoms with van der Waals surface area (Å²) in [6.45, 7) is 8.27. The molecule has 0 saturated heterocycles.